The van der Waals surface area contributed by atoms with Crippen LogP contribution in [0.1, 0.15) is 38.5 Å². The predicted octanol–water partition coefficient (Wildman–Crippen LogP) is 3.59. The van der Waals surface area contributed by atoms with Gasteiger partial charge >= 0.3 is 0 Å². The van der Waals surface area contributed by atoms with Crippen LogP contribution in [0.5, 0.6) is 0 Å². The minimum absolute atomic E-state index is 0.251. The highest BCUT2D eigenvalue weighted by atomic mass is 35.5. The Labute approximate surface area is 84.5 Å². The number of allylic oxidation sites excluding steroid dienone is 3. The van der Waals surface area contributed by atoms with Gasteiger partial charge in [-0.3, -0.25) is 4.79 Å². The normalized spacial score (nSPS) is 17.3. The van der Waals surface area contributed by atoms with Crippen molar-refractivity contribution in [1.29, 1.82) is 0 Å². The lowest BCUT2D eigenvalue weighted by Gasteiger charge is -2.17. The van der Waals surface area contributed by atoms with Crippen LogP contribution in [0, 0.1) is 0 Å². The third-order valence-corrected chi connectivity index (χ3v) is 2.70. The van der Waals surface area contributed by atoms with Crippen molar-refractivity contribution in [2.45, 2.75) is 38.5 Å². The minimum atomic E-state index is -0.251. The van der Waals surface area contributed by atoms with E-state index in [1.165, 1.54) is 12.0 Å². The molecule has 0 atom stereocenters. The molecule has 1 aliphatic carbocycles. The summed E-state index contributed by atoms with van der Waals surface area (Å²) in [5, 5.41) is -0.251. The molecule has 0 radical (unpaired) electrons. The van der Waals surface area contributed by atoms with Gasteiger partial charge in [-0.25, -0.2) is 0 Å². The molecule has 1 aliphatic rings. The van der Waals surface area contributed by atoms with Gasteiger partial charge in [-0.15, -0.1) is 6.58 Å². The molecule has 0 heterocycles. The zero-order valence-electron chi connectivity index (χ0n) is 7.81. The monoisotopic (exact) mass is 198 g/mol. The van der Waals surface area contributed by atoms with Crippen molar-refractivity contribution in [2.24, 2.45) is 0 Å². The first-order valence-electron chi connectivity index (χ1n) is 4.77. The first kappa shape index (κ1) is 10.5. The Bertz CT molecular complexity index is 240. The van der Waals surface area contributed by atoms with E-state index < -0.39 is 0 Å². The molecule has 0 aliphatic heterocycles. The second kappa shape index (κ2) is 5.23. The molecule has 0 bridgehead atoms. The average Bonchev–Trinajstić information content (AvgIpc) is 2.15. The molecule has 0 saturated heterocycles. The largest absolute Gasteiger partial charge is 0.276 e. The fraction of sp³-hybridized carbons (Fsp3) is 0.545. The molecule has 0 aromatic heterocycles. The fourth-order valence-electron chi connectivity index (χ4n) is 1.76. The summed E-state index contributed by atoms with van der Waals surface area (Å²) in [6.45, 7) is 3.67. The van der Waals surface area contributed by atoms with Gasteiger partial charge in [0.15, 0.2) is 0 Å². The third-order valence-electron chi connectivity index (χ3n) is 2.47. The van der Waals surface area contributed by atoms with Gasteiger partial charge < -0.3 is 0 Å². The minimum Gasteiger partial charge on any atom is -0.276 e. The van der Waals surface area contributed by atoms with E-state index in [-0.39, 0.29) is 5.24 Å². The number of hydrogen-bond acceptors (Lipinski definition) is 1. The van der Waals surface area contributed by atoms with E-state index in [9.17, 15) is 4.79 Å². The lowest BCUT2D eigenvalue weighted by molar-refractivity contribution is -0.108. The lowest BCUT2D eigenvalue weighted by atomic mass is 9.90. The van der Waals surface area contributed by atoms with Crippen LogP contribution in [-0.4, -0.2) is 5.24 Å². The van der Waals surface area contributed by atoms with Crippen molar-refractivity contribution in [2.75, 3.05) is 0 Å². The highest BCUT2D eigenvalue weighted by Crippen LogP contribution is 2.29. The maximum atomic E-state index is 11.1. The quantitative estimate of drug-likeness (QED) is 0.499. The molecule has 0 aromatic carbocycles. The number of halogens is 1. The summed E-state index contributed by atoms with van der Waals surface area (Å²) < 4.78 is 0. The van der Waals surface area contributed by atoms with Crippen LogP contribution in [0.3, 0.4) is 0 Å². The second-order valence-corrected chi connectivity index (χ2v) is 3.73. The summed E-state index contributed by atoms with van der Waals surface area (Å²) in [6.07, 6.45) is 8.00. The van der Waals surface area contributed by atoms with Crippen LogP contribution < -0.4 is 0 Å². The summed E-state index contributed by atoms with van der Waals surface area (Å²) in [7, 11) is 0. The van der Waals surface area contributed by atoms with Crippen LogP contribution in [0.15, 0.2) is 23.8 Å². The highest BCUT2D eigenvalue weighted by Gasteiger charge is 2.16. The molecule has 1 nitrogen and oxygen atoms in total. The number of carbonyl (C=O) groups excluding carboxylic acids is 1. The maximum Gasteiger partial charge on any atom is 0.248 e. The number of rotatable bonds is 4. The van der Waals surface area contributed by atoms with Crippen molar-refractivity contribution in [1.82, 2.24) is 0 Å². The van der Waals surface area contributed by atoms with Gasteiger partial charge in [-0.05, 0) is 50.1 Å². The van der Waals surface area contributed by atoms with E-state index in [1.54, 1.807) is 0 Å². The summed E-state index contributed by atoms with van der Waals surface area (Å²) in [4.78, 5) is 11.1. The van der Waals surface area contributed by atoms with E-state index in [0.717, 1.165) is 37.7 Å². The van der Waals surface area contributed by atoms with Crippen molar-refractivity contribution >= 4 is 16.8 Å². The zero-order valence-corrected chi connectivity index (χ0v) is 8.57. The zero-order chi connectivity index (χ0) is 9.68. The van der Waals surface area contributed by atoms with Crippen LogP contribution in [-0.2, 0) is 4.79 Å². The molecule has 0 spiro atoms. The Hall–Kier alpha value is -0.560. The molecule has 13 heavy (non-hydrogen) atoms. The van der Waals surface area contributed by atoms with Crippen LogP contribution in [0.4, 0.5) is 0 Å². The van der Waals surface area contributed by atoms with Gasteiger partial charge in [-0.2, -0.15) is 0 Å². The van der Waals surface area contributed by atoms with Gasteiger partial charge in [0.1, 0.15) is 0 Å². The third kappa shape index (κ3) is 3.00. The van der Waals surface area contributed by atoms with Gasteiger partial charge in [0.2, 0.25) is 5.24 Å². The van der Waals surface area contributed by atoms with E-state index in [4.69, 9.17) is 11.6 Å². The predicted molar refractivity (Wildman–Crippen MR) is 55.8 cm³/mol. The van der Waals surface area contributed by atoms with E-state index >= 15 is 0 Å². The highest BCUT2D eigenvalue weighted by molar-refractivity contribution is 6.67. The molecule has 0 aromatic rings. The molecule has 0 saturated carbocycles. The second-order valence-electron chi connectivity index (χ2n) is 3.39. The lowest BCUT2D eigenvalue weighted by Crippen LogP contribution is -2.05. The first-order chi connectivity index (χ1) is 6.25. The van der Waals surface area contributed by atoms with E-state index in [2.05, 4.69) is 6.58 Å². The van der Waals surface area contributed by atoms with E-state index in [1.807, 2.05) is 6.08 Å². The van der Waals surface area contributed by atoms with Crippen molar-refractivity contribution in [3.05, 3.63) is 23.8 Å². The standard InChI is InChI=1S/C11H15ClO/c1-2-3-6-9-7-4-5-8-10(9)11(12)13/h2H,1,3-8H2. The summed E-state index contributed by atoms with van der Waals surface area (Å²) in [5.74, 6) is 0. The van der Waals surface area contributed by atoms with Crippen molar-refractivity contribution < 1.29 is 4.79 Å². The molecule has 0 unspecified atom stereocenters. The van der Waals surface area contributed by atoms with Crippen LogP contribution in [0.25, 0.3) is 0 Å². The fourth-order valence-corrected chi connectivity index (χ4v) is 1.99. The Kier molecular flexibility index (Phi) is 4.23. The smallest absolute Gasteiger partial charge is 0.248 e. The summed E-state index contributed by atoms with van der Waals surface area (Å²) >= 11 is 5.51. The Morgan fingerprint density at radius 2 is 2.15 bits per heavy atom. The van der Waals surface area contributed by atoms with Gasteiger partial charge in [0, 0.05) is 5.57 Å². The number of hydrogen-bond donors (Lipinski definition) is 0. The molecule has 2 heteroatoms. The average molecular weight is 199 g/mol. The molecular weight excluding hydrogens is 184 g/mol. The van der Waals surface area contributed by atoms with Crippen molar-refractivity contribution in [3.8, 4) is 0 Å². The van der Waals surface area contributed by atoms with Gasteiger partial charge in [0.25, 0.3) is 0 Å². The van der Waals surface area contributed by atoms with E-state index in [0.29, 0.717) is 0 Å². The Balaban J connectivity index is 2.71. The number of carbonyl (C=O) groups is 1. The SMILES string of the molecule is C=CCCC1=C(C(=O)Cl)CCCC1. The van der Waals surface area contributed by atoms with Crippen molar-refractivity contribution in [3.63, 3.8) is 0 Å². The van der Waals surface area contributed by atoms with Gasteiger partial charge in [-0.1, -0.05) is 11.6 Å². The molecule has 0 N–H and O–H groups in total. The molecule has 1 rings (SSSR count). The van der Waals surface area contributed by atoms with Gasteiger partial charge in [0.05, 0.1) is 0 Å². The summed E-state index contributed by atoms with van der Waals surface area (Å²) in [5.41, 5.74) is 2.13. The Morgan fingerprint density at radius 3 is 2.77 bits per heavy atom. The first-order valence-corrected chi connectivity index (χ1v) is 5.15. The molecule has 0 fully saturated rings. The molecule has 72 valence electrons. The maximum absolute atomic E-state index is 11.1. The van der Waals surface area contributed by atoms with Crippen LogP contribution in [0.2, 0.25) is 0 Å². The molecular formula is C11H15ClO. The molecule has 0 amide bonds. The topological polar surface area (TPSA) is 17.1 Å². The summed E-state index contributed by atoms with van der Waals surface area (Å²) in [6, 6.07) is 0. The Morgan fingerprint density at radius 1 is 1.46 bits per heavy atom. The van der Waals surface area contributed by atoms with Crippen LogP contribution >= 0.6 is 11.6 Å².